The standard InChI is InChI=1S/C32H58N2O2/c1-4-6-8-10-12-14-16-18-20-27-34(28-21-19-17-15-13-11-9-7-5-2)29-26-33-32(35)30-22-24-31(36-3)25-23-30/h22-25H,4-21,26-29H2,1-3H3,(H,33,35). The zero-order valence-electron chi connectivity index (χ0n) is 24.1. The van der Waals surface area contributed by atoms with Crippen LogP contribution < -0.4 is 10.1 Å². The highest BCUT2D eigenvalue weighted by Gasteiger charge is 2.08. The number of nitrogens with zero attached hydrogens (tertiary/aromatic N) is 1. The lowest BCUT2D eigenvalue weighted by Crippen LogP contribution is -2.36. The number of hydrogen-bond acceptors (Lipinski definition) is 3. The van der Waals surface area contributed by atoms with Crippen molar-refractivity contribution in [3.05, 3.63) is 29.8 Å². The van der Waals surface area contributed by atoms with Crippen LogP contribution in [-0.2, 0) is 0 Å². The lowest BCUT2D eigenvalue weighted by atomic mass is 10.1. The third-order valence-corrected chi connectivity index (χ3v) is 7.22. The second kappa shape index (κ2) is 23.8. The first-order valence-electron chi connectivity index (χ1n) is 15.4. The molecule has 1 rings (SSSR count). The average Bonchev–Trinajstić information content (AvgIpc) is 2.90. The molecular formula is C32H58N2O2. The summed E-state index contributed by atoms with van der Waals surface area (Å²) >= 11 is 0. The first-order chi connectivity index (χ1) is 17.7. The number of nitrogens with one attached hydrogen (secondary N) is 1. The molecule has 1 aromatic carbocycles. The van der Waals surface area contributed by atoms with Gasteiger partial charge in [-0.3, -0.25) is 4.79 Å². The Morgan fingerprint density at radius 1 is 0.639 bits per heavy atom. The minimum Gasteiger partial charge on any atom is -0.497 e. The third kappa shape index (κ3) is 17.8. The van der Waals surface area contributed by atoms with Gasteiger partial charge in [-0.25, -0.2) is 0 Å². The molecule has 0 saturated heterocycles. The number of carbonyl (C=O) groups is 1. The fourth-order valence-electron chi connectivity index (χ4n) is 4.80. The average molecular weight is 503 g/mol. The van der Waals surface area contributed by atoms with Crippen LogP contribution in [0.1, 0.15) is 140 Å². The van der Waals surface area contributed by atoms with Crippen molar-refractivity contribution in [1.82, 2.24) is 10.2 Å². The molecular weight excluding hydrogens is 444 g/mol. The SMILES string of the molecule is CCCCCCCCCCCN(CCCCCCCCCCC)CCNC(=O)c1ccc(OC)cc1. The zero-order chi connectivity index (χ0) is 26.1. The molecule has 0 heterocycles. The quantitative estimate of drug-likeness (QED) is 0.136. The van der Waals surface area contributed by atoms with Crippen LogP contribution in [0.15, 0.2) is 24.3 Å². The van der Waals surface area contributed by atoms with Crippen LogP contribution in [0.2, 0.25) is 0 Å². The van der Waals surface area contributed by atoms with Crippen molar-refractivity contribution >= 4 is 5.91 Å². The fourth-order valence-corrected chi connectivity index (χ4v) is 4.80. The molecule has 0 spiro atoms. The summed E-state index contributed by atoms with van der Waals surface area (Å²) in [7, 11) is 1.64. The molecule has 1 aromatic rings. The van der Waals surface area contributed by atoms with Crippen molar-refractivity contribution < 1.29 is 9.53 Å². The summed E-state index contributed by atoms with van der Waals surface area (Å²) in [6, 6.07) is 7.34. The summed E-state index contributed by atoms with van der Waals surface area (Å²) in [5, 5.41) is 3.12. The Hall–Kier alpha value is -1.55. The molecule has 0 fully saturated rings. The Kier molecular flexibility index (Phi) is 21.5. The molecule has 0 aliphatic heterocycles. The van der Waals surface area contributed by atoms with Gasteiger partial charge in [0.2, 0.25) is 0 Å². The van der Waals surface area contributed by atoms with E-state index >= 15 is 0 Å². The van der Waals surface area contributed by atoms with Crippen LogP contribution in [0.5, 0.6) is 5.75 Å². The molecule has 0 aliphatic carbocycles. The number of carbonyl (C=O) groups excluding carboxylic acids is 1. The number of ether oxygens (including phenoxy) is 1. The summed E-state index contributed by atoms with van der Waals surface area (Å²) in [4.78, 5) is 15.1. The van der Waals surface area contributed by atoms with Gasteiger partial charge in [0.15, 0.2) is 0 Å². The van der Waals surface area contributed by atoms with Crippen LogP contribution in [0.25, 0.3) is 0 Å². The van der Waals surface area contributed by atoms with Gasteiger partial charge >= 0.3 is 0 Å². The van der Waals surface area contributed by atoms with E-state index in [1.165, 1.54) is 116 Å². The van der Waals surface area contributed by atoms with E-state index in [4.69, 9.17) is 4.74 Å². The molecule has 0 aromatic heterocycles. The summed E-state index contributed by atoms with van der Waals surface area (Å²) in [5.74, 6) is 0.781. The number of methoxy groups -OCH3 is 1. The zero-order valence-corrected chi connectivity index (χ0v) is 24.1. The van der Waals surface area contributed by atoms with E-state index in [1.807, 2.05) is 24.3 Å². The monoisotopic (exact) mass is 502 g/mol. The van der Waals surface area contributed by atoms with Gasteiger partial charge in [-0.1, -0.05) is 117 Å². The molecule has 36 heavy (non-hydrogen) atoms. The maximum atomic E-state index is 12.5. The summed E-state index contributed by atoms with van der Waals surface area (Å²) in [6.07, 6.45) is 24.6. The third-order valence-electron chi connectivity index (χ3n) is 7.22. The second-order valence-corrected chi connectivity index (χ2v) is 10.5. The van der Waals surface area contributed by atoms with Crippen molar-refractivity contribution in [2.24, 2.45) is 0 Å². The Balaban J connectivity index is 2.28. The Morgan fingerprint density at radius 2 is 1.06 bits per heavy atom. The van der Waals surface area contributed by atoms with Crippen LogP contribution >= 0.6 is 0 Å². The maximum Gasteiger partial charge on any atom is 0.251 e. The van der Waals surface area contributed by atoms with Gasteiger partial charge in [-0.05, 0) is 50.2 Å². The van der Waals surface area contributed by atoms with E-state index in [9.17, 15) is 4.79 Å². The second-order valence-electron chi connectivity index (χ2n) is 10.5. The maximum absolute atomic E-state index is 12.5. The molecule has 4 nitrogen and oxygen atoms in total. The van der Waals surface area contributed by atoms with E-state index in [0.717, 1.165) is 25.4 Å². The number of unbranched alkanes of at least 4 members (excludes halogenated alkanes) is 16. The minimum atomic E-state index is 0.00347. The summed E-state index contributed by atoms with van der Waals surface area (Å²) < 4.78 is 5.19. The van der Waals surface area contributed by atoms with Crippen LogP contribution in [0, 0.1) is 0 Å². The first kappa shape index (κ1) is 32.5. The molecule has 0 atom stereocenters. The predicted molar refractivity (Wildman–Crippen MR) is 156 cm³/mol. The van der Waals surface area contributed by atoms with Gasteiger partial charge in [0.1, 0.15) is 5.75 Å². The van der Waals surface area contributed by atoms with Gasteiger partial charge in [-0.15, -0.1) is 0 Å². The van der Waals surface area contributed by atoms with Crippen LogP contribution in [-0.4, -0.2) is 44.1 Å². The van der Waals surface area contributed by atoms with Crippen LogP contribution in [0.3, 0.4) is 0 Å². The van der Waals surface area contributed by atoms with E-state index in [0.29, 0.717) is 12.1 Å². The Bertz CT molecular complexity index is 595. The van der Waals surface area contributed by atoms with E-state index in [2.05, 4.69) is 24.1 Å². The Morgan fingerprint density at radius 3 is 1.47 bits per heavy atom. The molecule has 0 aliphatic rings. The summed E-state index contributed by atoms with van der Waals surface area (Å²) in [5.41, 5.74) is 0.695. The molecule has 0 bridgehead atoms. The van der Waals surface area contributed by atoms with E-state index in [-0.39, 0.29) is 5.91 Å². The molecule has 0 saturated carbocycles. The van der Waals surface area contributed by atoms with E-state index in [1.54, 1.807) is 7.11 Å². The first-order valence-corrected chi connectivity index (χ1v) is 15.4. The van der Waals surface area contributed by atoms with E-state index < -0.39 is 0 Å². The number of hydrogen-bond donors (Lipinski definition) is 1. The number of benzene rings is 1. The summed E-state index contributed by atoms with van der Waals surface area (Å²) in [6.45, 7) is 8.53. The van der Waals surface area contributed by atoms with Gasteiger partial charge in [0, 0.05) is 18.7 Å². The van der Waals surface area contributed by atoms with Gasteiger partial charge in [-0.2, -0.15) is 0 Å². The lowest BCUT2D eigenvalue weighted by Gasteiger charge is -2.22. The normalized spacial score (nSPS) is 11.2. The van der Waals surface area contributed by atoms with Gasteiger partial charge < -0.3 is 15.0 Å². The van der Waals surface area contributed by atoms with Crippen LogP contribution in [0.4, 0.5) is 0 Å². The molecule has 4 heteroatoms. The molecule has 1 N–H and O–H groups in total. The van der Waals surface area contributed by atoms with Gasteiger partial charge in [0.05, 0.1) is 7.11 Å². The highest BCUT2D eigenvalue weighted by molar-refractivity contribution is 5.94. The fraction of sp³-hybridized carbons (Fsp3) is 0.781. The molecule has 208 valence electrons. The molecule has 0 unspecified atom stereocenters. The van der Waals surface area contributed by atoms with Crippen molar-refractivity contribution in [2.75, 3.05) is 33.3 Å². The molecule has 0 radical (unpaired) electrons. The topological polar surface area (TPSA) is 41.6 Å². The molecule has 1 amide bonds. The smallest absolute Gasteiger partial charge is 0.251 e. The van der Waals surface area contributed by atoms with Gasteiger partial charge in [0.25, 0.3) is 5.91 Å². The highest BCUT2D eigenvalue weighted by Crippen LogP contribution is 2.13. The largest absolute Gasteiger partial charge is 0.497 e. The number of amides is 1. The predicted octanol–water partition coefficient (Wildman–Crippen LogP) is 8.79. The van der Waals surface area contributed by atoms with Crippen molar-refractivity contribution in [3.8, 4) is 5.75 Å². The van der Waals surface area contributed by atoms with Crippen molar-refractivity contribution in [1.29, 1.82) is 0 Å². The Labute approximate surface area is 224 Å². The minimum absolute atomic E-state index is 0.00347. The van der Waals surface area contributed by atoms with Crippen molar-refractivity contribution in [2.45, 2.75) is 129 Å². The van der Waals surface area contributed by atoms with Crippen molar-refractivity contribution in [3.63, 3.8) is 0 Å². The number of rotatable bonds is 25. The lowest BCUT2D eigenvalue weighted by molar-refractivity contribution is 0.0948. The highest BCUT2D eigenvalue weighted by atomic mass is 16.5.